The maximum atomic E-state index is 14.8. The molecule has 3 aromatic carbocycles. The van der Waals surface area contributed by atoms with Crippen LogP contribution < -0.4 is 4.74 Å². The fourth-order valence-corrected chi connectivity index (χ4v) is 3.94. The lowest BCUT2D eigenvalue weighted by atomic mass is 9.94. The molecule has 0 saturated carbocycles. The second-order valence-electron chi connectivity index (χ2n) is 8.31. The minimum absolute atomic E-state index is 0.182. The number of fused-ring (bicyclic) bond motifs is 1. The smallest absolute Gasteiger partial charge is 0.429 e. The molecule has 0 radical (unpaired) electrons. The summed E-state index contributed by atoms with van der Waals surface area (Å²) < 4.78 is 106. The van der Waals surface area contributed by atoms with Crippen LogP contribution in [0.4, 0.5) is 30.7 Å². The Kier molecular flexibility index (Phi) is 7.01. The van der Waals surface area contributed by atoms with Crippen LogP contribution in [0.25, 0.3) is 10.8 Å². The predicted octanol–water partition coefficient (Wildman–Crippen LogP) is 7.81. The van der Waals surface area contributed by atoms with Crippen molar-refractivity contribution in [1.29, 1.82) is 0 Å². The first kappa shape index (κ1) is 25.6. The van der Waals surface area contributed by atoms with Gasteiger partial charge in [0.2, 0.25) is 0 Å². The van der Waals surface area contributed by atoms with E-state index in [2.05, 4.69) is 6.58 Å². The monoisotopic (exact) mass is 508 g/mol. The van der Waals surface area contributed by atoms with Crippen molar-refractivity contribution in [2.75, 3.05) is 6.61 Å². The summed E-state index contributed by atoms with van der Waals surface area (Å²) in [5.41, 5.74) is -0.764. The highest BCUT2D eigenvalue weighted by molar-refractivity contribution is 5.86. The normalized spacial score (nSPS) is 18.4. The number of benzene rings is 3. The van der Waals surface area contributed by atoms with Crippen molar-refractivity contribution in [1.82, 2.24) is 0 Å². The summed E-state index contributed by atoms with van der Waals surface area (Å²) in [6, 6.07) is 9.18. The van der Waals surface area contributed by atoms with Crippen molar-refractivity contribution in [2.24, 2.45) is 5.92 Å². The van der Waals surface area contributed by atoms with E-state index in [1.807, 2.05) is 6.08 Å². The molecule has 0 N–H and O–H groups in total. The van der Waals surface area contributed by atoms with E-state index in [0.29, 0.717) is 12.7 Å². The lowest BCUT2D eigenvalue weighted by Gasteiger charge is -2.28. The van der Waals surface area contributed by atoms with E-state index in [9.17, 15) is 30.7 Å². The SMILES string of the molecule is C=CC1CCC(c2ccc(C(F)(F)Oc3ccc4c(F)c(C#CC(F)(F)F)c(F)cc4c3)cc2)OC1. The first-order valence-electron chi connectivity index (χ1n) is 10.9. The summed E-state index contributed by atoms with van der Waals surface area (Å²) in [6.45, 7) is 4.25. The molecule has 3 aromatic rings. The van der Waals surface area contributed by atoms with Crippen molar-refractivity contribution in [3.05, 3.63) is 89.5 Å². The largest absolute Gasteiger partial charge is 0.458 e. The Morgan fingerprint density at radius 1 is 0.972 bits per heavy atom. The fourth-order valence-electron chi connectivity index (χ4n) is 3.94. The number of ether oxygens (including phenoxy) is 2. The van der Waals surface area contributed by atoms with Crippen molar-refractivity contribution >= 4 is 10.8 Å². The molecule has 4 rings (SSSR count). The number of rotatable bonds is 5. The number of halogens is 7. The highest BCUT2D eigenvalue weighted by atomic mass is 19.4. The molecule has 1 fully saturated rings. The maximum Gasteiger partial charge on any atom is 0.458 e. The van der Waals surface area contributed by atoms with Crippen LogP contribution in [0.5, 0.6) is 5.75 Å². The average molecular weight is 508 g/mol. The van der Waals surface area contributed by atoms with Gasteiger partial charge in [-0.25, -0.2) is 8.78 Å². The number of hydrogen-bond acceptors (Lipinski definition) is 2. The molecule has 1 aliphatic heterocycles. The molecule has 2 nitrogen and oxygen atoms in total. The highest BCUT2D eigenvalue weighted by Crippen LogP contribution is 2.36. The zero-order valence-electron chi connectivity index (χ0n) is 18.6. The first-order chi connectivity index (χ1) is 17.0. The molecule has 0 aliphatic carbocycles. The van der Waals surface area contributed by atoms with Crippen LogP contribution in [-0.2, 0) is 10.8 Å². The molecule has 2 unspecified atom stereocenters. The zero-order chi connectivity index (χ0) is 26.1. The fraction of sp³-hybridized carbons (Fsp3) is 0.259. The van der Waals surface area contributed by atoms with Crippen LogP contribution in [0.3, 0.4) is 0 Å². The van der Waals surface area contributed by atoms with Crippen LogP contribution >= 0.6 is 0 Å². The molecular weight excluding hydrogens is 489 g/mol. The Labute approximate surface area is 202 Å². The van der Waals surface area contributed by atoms with Crippen molar-refractivity contribution in [2.45, 2.75) is 31.2 Å². The third kappa shape index (κ3) is 5.65. The van der Waals surface area contributed by atoms with Crippen LogP contribution in [0, 0.1) is 29.4 Å². The molecular formula is C27H19F7O2. The van der Waals surface area contributed by atoms with E-state index in [0.717, 1.165) is 42.5 Å². The summed E-state index contributed by atoms with van der Waals surface area (Å²) in [7, 11) is 0. The van der Waals surface area contributed by atoms with Gasteiger partial charge in [-0.2, -0.15) is 22.0 Å². The lowest BCUT2D eigenvalue weighted by Crippen LogP contribution is -2.22. The summed E-state index contributed by atoms with van der Waals surface area (Å²) >= 11 is 0. The van der Waals surface area contributed by atoms with E-state index in [1.54, 1.807) is 0 Å². The van der Waals surface area contributed by atoms with Gasteiger partial charge in [0.1, 0.15) is 17.4 Å². The van der Waals surface area contributed by atoms with E-state index < -0.39 is 40.8 Å². The van der Waals surface area contributed by atoms with Gasteiger partial charge in [-0.15, -0.1) is 6.58 Å². The minimum Gasteiger partial charge on any atom is -0.429 e. The topological polar surface area (TPSA) is 18.5 Å². The van der Waals surface area contributed by atoms with Crippen molar-refractivity contribution in [3.8, 4) is 17.6 Å². The molecule has 36 heavy (non-hydrogen) atoms. The first-order valence-corrected chi connectivity index (χ1v) is 10.9. The zero-order valence-corrected chi connectivity index (χ0v) is 18.6. The molecule has 9 heteroatoms. The Morgan fingerprint density at radius 2 is 1.69 bits per heavy atom. The van der Waals surface area contributed by atoms with Crippen molar-refractivity contribution in [3.63, 3.8) is 0 Å². The third-order valence-electron chi connectivity index (χ3n) is 5.84. The van der Waals surface area contributed by atoms with Gasteiger partial charge in [0, 0.05) is 17.2 Å². The van der Waals surface area contributed by atoms with Crippen LogP contribution in [0.1, 0.15) is 35.6 Å². The maximum absolute atomic E-state index is 14.8. The Morgan fingerprint density at radius 3 is 2.31 bits per heavy atom. The number of hydrogen-bond donors (Lipinski definition) is 0. The lowest BCUT2D eigenvalue weighted by molar-refractivity contribution is -0.185. The van der Waals surface area contributed by atoms with Gasteiger partial charge in [0.05, 0.1) is 23.8 Å². The second kappa shape index (κ2) is 9.86. The van der Waals surface area contributed by atoms with Gasteiger partial charge in [-0.3, -0.25) is 0 Å². The molecule has 0 bridgehead atoms. The van der Waals surface area contributed by atoms with Gasteiger partial charge < -0.3 is 9.47 Å². The summed E-state index contributed by atoms with van der Waals surface area (Å²) in [4.78, 5) is 0. The van der Waals surface area contributed by atoms with Gasteiger partial charge in [-0.1, -0.05) is 24.1 Å². The Bertz CT molecular complexity index is 1330. The second-order valence-corrected chi connectivity index (χ2v) is 8.31. The van der Waals surface area contributed by atoms with E-state index >= 15 is 0 Å². The molecule has 0 aromatic heterocycles. The van der Waals surface area contributed by atoms with Crippen LogP contribution in [-0.4, -0.2) is 12.8 Å². The predicted molar refractivity (Wildman–Crippen MR) is 119 cm³/mol. The number of alkyl halides is 5. The minimum atomic E-state index is -4.94. The van der Waals surface area contributed by atoms with Gasteiger partial charge in [0.25, 0.3) is 0 Å². The standard InChI is InChI=1S/C27H19F7O2/c1-2-16-3-10-24(35-15-16)17-4-6-19(7-5-17)27(33,34)36-20-8-9-21-18(13-20)14-23(28)22(25(21)29)11-12-26(30,31)32/h2,4-9,13-14,16,24H,1,3,10,15H2. The molecule has 0 amide bonds. The van der Waals surface area contributed by atoms with Gasteiger partial charge in [-0.05, 0) is 60.2 Å². The molecule has 1 aliphatic rings. The average Bonchev–Trinajstić information content (AvgIpc) is 2.83. The third-order valence-corrected chi connectivity index (χ3v) is 5.84. The molecule has 2 atom stereocenters. The van der Waals surface area contributed by atoms with E-state index in [4.69, 9.17) is 9.47 Å². The summed E-state index contributed by atoms with van der Waals surface area (Å²) in [5.74, 6) is -0.581. The highest BCUT2D eigenvalue weighted by Gasteiger charge is 2.35. The van der Waals surface area contributed by atoms with E-state index in [-0.39, 0.29) is 22.8 Å². The Hall–Kier alpha value is -3.51. The Balaban J connectivity index is 1.54. The van der Waals surface area contributed by atoms with Crippen LogP contribution in [0.15, 0.2) is 61.2 Å². The quantitative estimate of drug-likeness (QED) is 0.199. The molecule has 1 heterocycles. The van der Waals surface area contributed by atoms with Gasteiger partial charge in [0.15, 0.2) is 0 Å². The molecule has 0 spiro atoms. The summed E-state index contributed by atoms with van der Waals surface area (Å²) in [6.07, 6.45) is -5.48. The van der Waals surface area contributed by atoms with E-state index in [1.165, 1.54) is 30.2 Å². The van der Waals surface area contributed by atoms with Gasteiger partial charge >= 0.3 is 12.3 Å². The molecule has 1 saturated heterocycles. The van der Waals surface area contributed by atoms with Crippen molar-refractivity contribution < 1.29 is 40.2 Å². The molecule has 188 valence electrons. The summed E-state index contributed by atoms with van der Waals surface area (Å²) in [5, 5.41) is -0.479. The van der Waals surface area contributed by atoms with Crippen LogP contribution in [0.2, 0.25) is 0 Å².